The number of benzene rings is 1. The minimum absolute atomic E-state index is 0.130. The maximum absolute atomic E-state index is 11.6. The number of para-hydroxylation sites is 1. The Morgan fingerprint density at radius 3 is 2.70 bits per heavy atom. The number of piperazine rings is 1. The van der Waals surface area contributed by atoms with E-state index in [9.17, 15) is 4.79 Å². The van der Waals surface area contributed by atoms with Crippen LogP contribution in [0.15, 0.2) is 54.9 Å². The van der Waals surface area contributed by atoms with Gasteiger partial charge >= 0.3 is 0 Å². The lowest BCUT2D eigenvalue weighted by Crippen LogP contribution is -2.47. The molecule has 0 bridgehead atoms. The van der Waals surface area contributed by atoms with E-state index in [1.807, 2.05) is 18.5 Å². The molecule has 3 aromatic heterocycles. The Morgan fingerprint density at radius 2 is 1.82 bits per heavy atom. The van der Waals surface area contributed by atoms with Gasteiger partial charge in [-0.3, -0.25) is 19.7 Å². The number of aromatic nitrogens is 3. The highest BCUT2D eigenvalue weighted by Crippen LogP contribution is 2.30. The van der Waals surface area contributed by atoms with Gasteiger partial charge in [0.15, 0.2) is 0 Å². The zero-order valence-electron chi connectivity index (χ0n) is 23.6. The Labute approximate surface area is 237 Å². The number of carbonyl (C=O) groups excluding carboxylic acids is 1. The number of amides is 1. The minimum Gasteiger partial charge on any atom is -0.354 e. The summed E-state index contributed by atoms with van der Waals surface area (Å²) >= 11 is 0. The first-order chi connectivity index (χ1) is 19.7. The van der Waals surface area contributed by atoms with Gasteiger partial charge in [-0.15, -0.1) is 0 Å². The Hall–Kier alpha value is -3.33. The largest absolute Gasteiger partial charge is 0.354 e. The van der Waals surface area contributed by atoms with Gasteiger partial charge in [-0.1, -0.05) is 24.3 Å². The first-order valence-electron chi connectivity index (χ1n) is 14.9. The number of pyridine rings is 2. The smallest absolute Gasteiger partial charge is 0.234 e. The summed E-state index contributed by atoms with van der Waals surface area (Å²) in [6.45, 7) is 6.46. The number of hydrogen-bond acceptors (Lipinski definition) is 6. The molecule has 40 heavy (non-hydrogen) atoms. The number of carbonyl (C=O) groups is 1. The summed E-state index contributed by atoms with van der Waals surface area (Å²) in [4.78, 5) is 22.9. The molecule has 1 aliphatic carbocycles. The summed E-state index contributed by atoms with van der Waals surface area (Å²) in [5.74, 6) is 0.130. The summed E-state index contributed by atoms with van der Waals surface area (Å²) in [7, 11) is 0. The Kier molecular flexibility index (Phi) is 10.1. The van der Waals surface area contributed by atoms with Crippen LogP contribution in [0.4, 0.5) is 0 Å². The van der Waals surface area contributed by atoms with Gasteiger partial charge in [0.05, 0.1) is 17.8 Å². The predicted molar refractivity (Wildman–Crippen MR) is 162 cm³/mol. The molecule has 1 saturated heterocycles. The van der Waals surface area contributed by atoms with Crippen LogP contribution < -0.4 is 16.4 Å². The highest BCUT2D eigenvalue weighted by atomic mass is 16.2. The summed E-state index contributed by atoms with van der Waals surface area (Å²) in [5.41, 5.74) is 12.0. The number of nitrogens with zero attached hydrogens (tertiary/aromatic N) is 4. The summed E-state index contributed by atoms with van der Waals surface area (Å²) < 4.78 is 2.42. The number of rotatable bonds is 10. The third-order valence-corrected chi connectivity index (χ3v) is 7.92. The molecule has 0 saturated carbocycles. The third kappa shape index (κ3) is 7.05. The zero-order valence-corrected chi connectivity index (χ0v) is 23.6. The van der Waals surface area contributed by atoms with Crippen LogP contribution in [0.2, 0.25) is 0 Å². The van der Waals surface area contributed by atoms with Gasteiger partial charge in [-0.2, -0.15) is 0 Å². The lowest BCUT2D eigenvalue weighted by molar-refractivity contribution is -0.124. The van der Waals surface area contributed by atoms with Crippen molar-refractivity contribution < 1.29 is 4.79 Å². The molecule has 2 aliphatic rings. The molecule has 8 nitrogen and oxygen atoms in total. The van der Waals surface area contributed by atoms with E-state index in [1.165, 1.54) is 58.7 Å². The van der Waals surface area contributed by atoms with Gasteiger partial charge in [-0.05, 0) is 81.8 Å². The van der Waals surface area contributed by atoms with Gasteiger partial charge in [0.2, 0.25) is 5.91 Å². The summed E-state index contributed by atoms with van der Waals surface area (Å²) in [6, 6.07) is 14.9. The SMILES string of the molecule is NCCCCNCc1nccc2c3ccccc3n(CCCN3CCNC(=O)C3)c12.c1cnc2c(c1)CCCC2. The quantitative estimate of drug-likeness (QED) is 0.264. The minimum atomic E-state index is 0.130. The first kappa shape index (κ1) is 28.2. The van der Waals surface area contributed by atoms with Crippen molar-refractivity contribution >= 4 is 27.7 Å². The maximum Gasteiger partial charge on any atom is 0.234 e. The van der Waals surface area contributed by atoms with Gasteiger partial charge in [0.1, 0.15) is 0 Å². The molecular weight excluding hydrogens is 498 g/mol. The Balaban J connectivity index is 0.000000269. The fraction of sp³-hybridized carbons (Fsp3) is 0.469. The number of fused-ring (bicyclic) bond motifs is 4. The van der Waals surface area contributed by atoms with Crippen LogP contribution in [0.1, 0.15) is 49.1 Å². The molecule has 4 heterocycles. The molecule has 8 heteroatoms. The molecular formula is C32H43N7O. The Bertz CT molecular complexity index is 1370. The molecule has 4 aromatic rings. The predicted octanol–water partition coefficient (Wildman–Crippen LogP) is 3.80. The van der Waals surface area contributed by atoms with Crippen molar-refractivity contribution in [3.8, 4) is 0 Å². The highest BCUT2D eigenvalue weighted by molar-refractivity contribution is 6.08. The van der Waals surface area contributed by atoms with E-state index in [0.29, 0.717) is 6.54 Å². The molecule has 4 N–H and O–H groups in total. The van der Waals surface area contributed by atoms with Crippen LogP contribution in [0.5, 0.6) is 0 Å². The van der Waals surface area contributed by atoms with Crippen molar-refractivity contribution in [3.63, 3.8) is 0 Å². The number of nitrogens with two attached hydrogens (primary N) is 1. The number of nitrogens with one attached hydrogen (secondary N) is 2. The number of unbranched alkanes of at least 4 members (excludes halogenated alkanes) is 1. The maximum atomic E-state index is 11.6. The van der Waals surface area contributed by atoms with E-state index in [-0.39, 0.29) is 5.91 Å². The molecule has 0 spiro atoms. The molecule has 1 aliphatic heterocycles. The van der Waals surface area contributed by atoms with Crippen LogP contribution in [-0.2, 0) is 30.7 Å². The average molecular weight is 542 g/mol. The zero-order chi connectivity index (χ0) is 27.6. The van der Waals surface area contributed by atoms with Crippen LogP contribution in [-0.4, -0.2) is 64.6 Å². The molecule has 0 atom stereocenters. The van der Waals surface area contributed by atoms with Crippen LogP contribution in [0.3, 0.4) is 0 Å². The van der Waals surface area contributed by atoms with Gasteiger partial charge in [-0.25, -0.2) is 0 Å². The standard InChI is InChI=1S/C23H32N6O.C9H11N/c24-9-3-4-10-25-16-20-23-19(8-11-26-20)18-6-1-2-7-21(18)29(23)14-5-13-28-15-12-27-22(30)17-28;1-2-6-9-8(4-1)5-3-7-10-9/h1-2,6-8,11,25H,3-5,9-10,12-17,24H2,(H,27,30);3,5,7H,1-2,4,6H2. The van der Waals surface area contributed by atoms with Crippen LogP contribution in [0, 0.1) is 0 Å². The number of hydrogen-bond donors (Lipinski definition) is 3. The molecule has 212 valence electrons. The third-order valence-electron chi connectivity index (χ3n) is 7.92. The van der Waals surface area contributed by atoms with Crippen LogP contribution >= 0.6 is 0 Å². The monoisotopic (exact) mass is 541 g/mol. The average Bonchev–Trinajstić information content (AvgIpc) is 3.32. The van der Waals surface area contributed by atoms with E-state index in [2.05, 4.69) is 61.5 Å². The van der Waals surface area contributed by atoms with Crippen molar-refractivity contribution in [2.45, 2.75) is 58.0 Å². The van der Waals surface area contributed by atoms with E-state index >= 15 is 0 Å². The lowest BCUT2D eigenvalue weighted by Gasteiger charge is -2.26. The normalized spacial score (nSPS) is 15.5. The number of aryl methyl sites for hydroxylation is 3. The molecule has 1 fully saturated rings. The Morgan fingerprint density at radius 1 is 0.925 bits per heavy atom. The molecule has 0 radical (unpaired) electrons. The van der Waals surface area contributed by atoms with Crippen molar-refractivity contribution in [3.05, 3.63) is 71.8 Å². The van der Waals surface area contributed by atoms with E-state index in [4.69, 9.17) is 10.7 Å². The van der Waals surface area contributed by atoms with E-state index in [0.717, 1.165) is 70.8 Å². The molecule has 0 unspecified atom stereocenters. The first-order valence-corrected chi connectivity index (χ1v) is 14.9. The van der Waals surface area contributed by atoms with E-state index < -0.39 is 0 Å². The van der Waals surface area contributed by atoms with Gasteiger partial charge in [0, 0.05) is 67.1 Å². The topological polar surface area (TPSA) is 101 Å². The second-order valence-corrected chi connectivity index (χ2v) is 10.8. The lowest BCUT2D eigenvalue weighted by atomic mass is 9.96. The van der Waals surface area contributed by atoms with Crippen molar-refractivity contribution in [2.24, 2.45) is 5.73 Å². The van der Waals surface area contributed by atoms with Gasteiger partial charge in [0.25, 0.3) is 0 Å². The molecule has 1 aromatic carbocycles. The van der Waals surface area contributed by atoms with Crippen molar-refractivity contribution in [2.75, 3.05) is 39.3 Å². The van der Waals surface area contributed by atoms with E-state index in [1.54, 1.807) is 0 Å². The summed E-state index contributed by atoms with van der Waals surface area (Å²) in [5, 5.41) is 8.96. The highest BCUT2D eigenvalue weighted by Gasteiger charge is 2.17. The van der Waals surface area contributed by atoms with Crippen molar-refractivity contribution in [1.82, 2.24) is 30.1 Å². The second-order valence-electron chi connectivity index (χ2n) is 10.8. The second kappa shape index (κ2) is 14.3. The fourth-order valence-electron chi connectivity index (χ4n) is 5.90. The summed E-state index contributed by atoms with van der Waals surface area (Å²) in [6.07, 6.45) is 12.0. The van der Waals surface area contributed by atoms with Gasteiger partial charge < -0.3 is 20.9 Å². The molecule has 6 rings (SSSR count). The fourth-order valence-corrected chi connectivity index (χ4v) is 5.90. The van der Waals surface area contributed by atoms with Crippen LogP contribution in [0.25, 0.3) is 21.8 Å². The molecule has 1 amide bonds. The van der Waals surface area contributed by atoms with Crippen molar-refractivity contribution in [1.29, 1.82) is 0 Å².